The lowest BCUT2D eigenvalue weighted by Gasteiger charge is -2.43. The smallest absolute Gasteiger partial charge is 0.252 e. The fraction of sp³-hybridized carbons (Fsp3) is 0.750. The maximum Gasteiger partial charge on any atom is 0.252 e. The van der Waals surface area contributed by atoms with Gasteiger partial charge >= 0.3 is 0 Å². The number of sulfonamides is 1. The summed E-state index contributed by atoms with van der Waals surface area (Å²) in [6, 6.07) is 3.46. The van der Waals surface area contributed by atoms with E-state index in [0.29, 0.717) is 30.5 Å². The van der Waals surface area contributed by atoms with E-state index in [0.717, 1.165) is 19.3 Å². The molecule has 0 N–H and O–H groups in total. The van der Waals surface area contributed by atoms with Crippen LogP contribution in [0.3, 0.4) is 0 Å². The van der Waals surface area contributed by atoms with Gasteiger partial charge in [-0.15, -0.1) is 11.3 Å². The first-order valence-electron chi connectivity index (χ1n) is 8.23. The van der Waals surface area contributed by atoms with Gasteiger partial charge in [-0.25, -0.2) is 8.42 Å². The third-order valence-electron chi connectivity index (χ3n) is 4.79. The second-order valence-corrected chi connectivity index (χ2v) is 9.77. The van der Waals surface area contributed by atoms with E-state index in [2.05, 4.69) is 0 Å². The highest BCUT2D eigenvalue weighted by molar-refractivity contribution is 7.91. The predicted molar refractivity (Wildman–Crippen MR) is 90.2 cm³/mol. The summed E-state index contributed by atoms with van der Waals surface area (Å²) in [4.78, 5) is 0. The van der Waals surface area contributed by atoms with Crippen LogP contribution in [0.1, 0.15) is 33.1 Å². The number of nitrogens with zero attached hydrogens (tertiary/aromatic N) is 1. The summed E-state index contributed by atoms with van der Waals surface area (Å²) in [6.07, 6.45) is 3.20. The predicted octanol–water partition coefficient (Wildman–Crippen LogP) is 2.73. The molecule has 1 aliphatic carbocycles. The SMILES string of the molecule is CC(C)OC[C@@H]1CCC[C@@]12CN(S(=O)(=O)c1cccs1)CCO2. The third-order valence-corrected chi connectivity index (χ3v) is 8.01. The van der Waals surface area contributed by atoms with Crippen molar-refractivity contribution in [3.63, 3.8) is 0 Å². The van der Waals surface area contributed by atoms with Crippen molar-refractivity contribution >= 4 is 21.4 Å². The van der Waals surface area contributed by atoms with E-state index in [4.69, 9.17) is 9.47 Å². The van der Waals surface area contributed by atoms with Crippen LogP contribution in [-0.4, -0.2) is 50.7 Å². The molecule has 2 heterocycles. The van der Waals surface area contributed by atoms with Gasteiger partial charge in [0.15, 0.2) is 0 Å². The first-order valence-corrected chi connectivity index (χ1v) is 10.6. The molecule has 1 aromatic heterocycles. The Kier molecular flexibility index (Phi) is 5.13. The van der Waals surface area contributed by atoms with Gasteiger partial charge in [0.1, 0.15) is 4.21 Å². The minimum atomic E-state index is -3.41. The summed E-state index contributed by atoms with van der Waals surface area (Å²) in [7, 11) is -3.41. The van der Waals surface area contributed by atoms with Crippen LogP contribution < -0.4 is 0 Å². The summed E-state index contributed by atoms with van der Waals surface area (Å²) in [5.41, 5.74) is -0.378. The topological polar surface area (TPSA) is 55.8 Å². The van der Waals surface area contributed by atoms with Crippen molar-refractivity contribution in [1.29, 1.82) is 0 Å². The Balaban J connectivity index is 1.77. The quantitative estimate of drug-likeness (QED) is 0.811. The van der Waals surface area contributed by atoms with E-state index in [9.17, 15) is 8.42 Å². The molecular formula is C16H25NO4S2. The molecule has 7 heteroatoms. The summed E-state index contributed by atoms with van der Waals surface area (Å²) < 4.78 is 39.6. The molecule has 3 rings (SSSR count). The normalized spacial score (nSPS) is 29.6. The van der Waals surface area contributed by atoms with Crippen LogP contribution >= 0.6 is 11.3 Å². The fourth-order valence-electron chi connectivity index (χ4n) is 3.57. The number of morpholine rings is 1. The van der Waals surface area contributed by atoms with Crippen LogP contribution in [0.2, 0.25) is 0 Å². The molecule has 0 bridgehead atoms. The molecule has 1 aliphatic heterocycles. The molecule has 130 valence electrons. The summed E-state index contributed by atoms with van der Waals surface area (Å²) in [5, 5.41) is 1.80. The molecular weight excluding hydrogens is 334 g/mol. The maximum absolute atomic E-state index is 12.8. The lowest BCUT2D eigenvalue weighted by atomic mass is 9.90. The zero-order valence-electron chi connectivity index (χ0n) is 13.7. The Hall–Kier alpha value is -0.470. The Bertz CT molecular complexity index is 614. The Labute approximate surface area is 142 Å². The molecule has 1 aromatic rings. The van der Waals surface area contributed by atoms with Gasteiger partial charge in [0.2, 0.25) is 0 Å². The van der Waals surface area contributed by atoms with Crippen LogP contribution in [-0.2, 0) is 19.5 Å². The largest absolute Gasteiger partial charge is 0.378 e. The number of hydrogen-bond donors (Lipinski definition) is 0. The fourth-order valence-corrected chi connectivity index (χ4v) is 6.20. The van der Waals surface area contributed by atoms with E-state index in [1.54, 1.807) is 21.8 Å². The highest BCUT2D eigenvalue weighted by Crippen LogP contribution is 2.42. The average molecular weight is 360 g/mol. The molecule has 2 aliphatic rings. The zero-order chi connectivity index (χ0) is 16.5. The first-order chi connectivity index (χ1) is 10.9. The molecule has 2 fully saturated rings. The van der Waals surface area contributed by atoms with E-state index in [1.807, 2.05) is 13.8 Å². The summed E-state index contributed by atoms with van der Waals surface area (Å²) in [5.74, 6) is 0.270. The second kappa shape index (κ2) is 6.80. The zero-order valence-corrected chi connectivity index (χ0v) is 15.4. The van der Waals surface area contributed by atoms with Gasteiger partial charge in [-0.3, -0.25) is 0 Å². The van der Waals surface area contributed by atoms with Gasteiger partial charge in [-0.2, -0.15) is 4.31 Å². The van der Waals surface area contributed by atoms with Crippen LogP contribution in [0.15, 0.2) is 21.7 Å². The molecule has 1 saturated carbocycles. The van der Waals surface area contributed by atoms with Gasteiger partial charge in [0.05, 0.1) is 24.9 Å². The minimum Gasteiger partial charge on any atom is -0.378 e. The molecule has 2 atom stereocenters. The van der Waals surface area contributed by atoms with E-state index in [1.165, 1.54) is 11.3 Å². The van der Waals surface area contributed by atoms with Gasteiger partial charge in [0, 0.05) is 19.0 Å². The van der Waals surface area contributed by atoms with Gasteiger partial charge in [0.25, 0.3) is 10.0 Å². The number of hydrogen-bond acceptors (Lipinski definition) is 5. The van der Waals surface area contributed by atoms with Crippen molar-refractivity contribution in [3.05, 3.63) is 17.5 Å². The molecule has 5 nitrogen and oxygen atoms in total. The summed E-state index contributed by atoms with van der Waals surface area (Å²) in [6.45, 7) is 6.03. The first kappa shape index (κ1) is 17.4. The molecule has 0 radical (unpaired) electrons. The van der Waals surface area contributed by atoms with E-state index >= 15 is 0 Å². The van der Waals surface area contributed by atoms with E-state index < -0.39 is 10.0 Å². The van der Waals surface area contributed by atoms with Crippen molar-refractivity contribution < 1.29 is 17.9 Å². The summed E-state index contributed by atoms with van der Waals surface area (Å²) >= 11 is 1.27. The maximum atomic E-state index is 12.8. The molecule has 0 amide bonds. The highest BCUT2D eigenvalue weighted by atomic mass is 32.2. The van der Waals surface area contributed by atoms with Gasteiger partial charge < -0.3 is 9.47 Å². The van der Waals surface area contributed by atoms with Crippen LogP contribution in [0.25, 0.3) is 0 Å². The molecule has 23 heavy (non-hydrogen) atoms. The Morgan fingerprint density at radius 2 is 2.35 bits per heavy atom. The second-order valence-electron chi connectivity index (χ2n) is 6.66. The molecule has 0 unspecified atom stereocenters. The van der Waals surface area contributed by atoms with Gasteiger partial charge in [-0.05, 0) is 38.1 Å². The monoisotopic (exact) mass is 359 g/mol. The number of ether oxygens (including phenoxy) is 2. The standard InChI is InChI=1S/C16H25NO4S2/c1-13(2)20-11-14-5-3-7-16(14)12-17(8-9-21-16)23(18,19)15-6-4-10-22-15/h4,6,10,13-14H,3,5,7-9,11-12H2,1-2H3/t14-,16+/m0/s1. The van der Waals surface area contributed by atoms with Crippen LogP contribution in [0.4, 0.5) is 0 Å². The van der Waals surface area contributed by atoms with Crippen molar-refractivity contribution in [2.24, 2.45) is 5.92 Å². The van der Waals surface area contributed by atoms with E-state index in [-0.39, 0.29) is 17.6 Å². The van der Waals surface area contributed by atoms with Crippen molar-refractivity contribution in [3.8, 4) is 0 Å². The minimum absolute atomic E-state index is 0.183. The van der Waals surface area contributed by atoms with Crippen molar-refractivity contribution in [2.45, 2.75) is 49.0 Å². The van der Waals surface area contributed by atoms with Crippen LogP contribution in [0.5, 0.6) is 0 Å². The van der Waals surface area contributed by atoms with Gasteiger partial charge in [-0.1, -0.05) is 12.5 Å². The molecule has 1 spiro atoms. The lowest BCUT2D eigenvalue weighted by Crippen LogP contribution is -2.56. The molecule has 0 aromatic carbocycles. The third kappa shape index (κ3) is 3.49. The van der Waals surface area contributed by atoms with Crippen molar-refractivity contribution in [2.75, 3.05) is 26.3 Å². The Morgan fingerprint density at radius 1 is 1.52 bits per heavy atom. The lowest BCUT2D eigenvalue weighted by molar-refractivity contribution is -0.129. The van der Waals surface area contributed by atoms with Crippen LogP contribution in [0, 0.1) is 5.92 Å². The van der Waals surface area contributed by atoms with Crippen molar-refractivity contribution in [1.82, 2.24) is 4.31 Å². The highest BCUT2D eigenvalue weighted by Gasteiger charge is 2.49. The number of rotatable bonds is 5. The average Bonchev–Trinajstić information content (AvgIpc) is 3.16. The Morgan fingerprint density at radius 3 is 3.04 bits per heavy atom. The number of thiophene rings is 1. The molecule has 1 saturated heterocycles.